The highest BCUT2D eigenvalue weighted by molar-refractivity contribution is 6.10. The number of benzene rings is 2. The first-order valence-electron chi connectivity index (χ1n) is 9.07. The lowest BCUT2D eigenvalue weighted by Gasteiger charge is -2.40. The van der Waals surface area contributed by atoms with Crippen molar-refractivity contribution in [3.05, 3.63) is 71.3 Å². The molecular formula is C21H18F2N2O3. The van der Waals surface area contributed by atoms with Gasteiger partial charge in [0.15, 0.2) is 0 Å². The minimum atomic E-state index is -0.985. The normalized spacial score (nSPS) is 21.1. The molecular weight excluding hydrogens is 366 g/mol. The summed E-state index contributed by atoms with van der Waals surface area (Å²) in [5.74, 6) is -2.96. The number of halogens is 2. The largest absolute Gasteiger partial charge is 0.338 e. The van der Waals surface area contributed by atoms with Gasteiger partial charge in [0.25, 0.3) is 5.91 Å². The number of imide groups is 1. The summed E-state index contributed by atoms with van der Waals surface area (Å²) in [7, 11) is 0. The minimum absolute atomic E-state index is 0.0134. The van der Waals surface area contributed by atoms with Gasteiger partial charge in [-0.25, -0.2) is 8.78 Å². The zero-order chi connectivity index (χ0) is 19.9. The van der Waals surface area contributed by atoms with Crippen LogP contribution in [0.15, 0.2) is 48.5 Å². The monoisotopic (exact) mass is 384 g/mol. The summed E-state index contributed by atoms with van der Waals surface area (Å²) in [6.45, 7) is 0.455. The van der Waals surface area contributed by atoms with E-state index in [0.717, 1.165) is 0 Å². The number of amides is 3. The zero-order valence-corrected chi connectivity index (χ0v) is 15.0. The number of nitrogens with zero attached hydrogens (tertiary/aromatic N) is 1. The van der Waals surface area contributed by atoms with E-state index in [1.54, 1.807) is 6.07 Å². The number of likely N-dealkylation sites (tertiary alicyclic amines) is 1. The first-order valence-corrected chi connectivity index (χ1v) is 9.07. The predicted octanol–water partition coefficient (Wildman–Crippen LogP) is 2.63. The molecule has 2 saturated heterocycles. The van der Waals surface area contributed by atoms with Crippen molar-refractivity contribution in [3.8, 4) is 0 Å². The second kappa shape index (κ2) is 6.82. The van der Waals surface area contributed by atoms with Crippen LogP contribution in [0.4, 0.5) is 8.78 Å². The summed E-state index contributed by atoms with van der Waals surface area (Å²) in [6.07, 6.45) is 0.541. The molecule has 1 atom stereocenters. The van der Waals surface area contributed by atoms with Crippen molar-refractivity contribution >= 4 is 17.7 Å². The van der Waals surface area contributed by atoms with Crippen molar-refractivity contribution < 1.29 is 23.2 Å². The molecule has 1 spiro atoms. The molecule has 5 nitrogen and oxygen atoms in total. The van der Waals surface area contributed by atoms with Gasteiger partial charge in [-0.2, -0.15) is 0 Å². The van der Waals surface area contributed by atoms with Crippen LogP contribution >= 0.6 is 0 Å². The molecule has 28 heavy (non-hydrogen) atoms. The SMILES string of the molecule is O=C1NC(=O)C2(CCN(C(=O)c3ccccc3F)CC2)C1c1ccc(F)cc1. The van der Waals surface area contributed by atoms with E-state index >= 15 is 0 Å². The van der Waals surface area contributed by atoms with Gasteiger partial charge in [-0.1, -0.05) is 24.3 Å². The average Bonchev–Trinajstić information content (AvgIpc) is 2.93. The summed E-state index contributed by atoms with van der Waals surface area (Å²) >= 11 is 0. The lowest BCUT2D eigenvalue weighted by molar-refractivity contribution is -0.130. The van der Waals surface area contributed by atoms with E-state index in [-0.39, 0.29) is 37.4 Å². The molecule has 0 bridgehead atoms. The fourth-order valence-corrected chi connectivity index (χ4v) is 4.25. The van der Waals surface area contributed by atoms with E-state index in [1.165, 1.54) is 47.4 Å². The quantitative estimate of drug-likeness (QED) is 0.810. The second-order valence-electron chi connectivity index (χ2n) is 7.23. The number of nitrogens with one attached hydrogen (secondary N) is 1. The topological polar surface area (TPSA) is 66.5 Å². The highest BCUT2D eigenvalue weighted by Crippen LogP contribution is 2.48. The Morgan fingerprint density at radius 3 is 2.29 bits per heavy atom. The predicted molar refractivity (Wildman–Crippen MR) is 96.3 cm³/mol. The van der Waals surface area contributed by atoms with Gasteiger partial charge in [0, 0.05) is 13.1 Å². The molecule has 4 rings (SSSR count). The van der Waals surface area contributed by atoms with Crippen LogP contribution < -0.4 is 5.32 Å². The van der Waals surface area contributed by atoms with Crippen LogP contribution in [0, 0.1) is 17.0 Å². The molecule has 7 heteroatoms. The van der Waals surface area contributed by atoms with Crippen LogP contribution in [0.5, 0.6) is 0 Å². The van der Waals surface area contributed by atoms with Gasteiger partial charge >= 0.3 is 0 Å². The van der Waals surface area contributed by atoms with E-state index in [4.69, 9.17) is 0 Å². The number of rotatable bonds is 2. The molecule has 2 aromatic rings. The Labute approximate surface area is 160 Å². The van der Waals surface area contributed by atoms with Gasteiger partial charge in [0.05, 0.1) is 16.9 Å². The number of carbonyl (C=O) groups is 3. The molecule has 2 heterocycles. The van der Waals surface area contributed by atoms with E-state index in [0.29, 0.717) is 5.56 Å². The zero-order valence-electron chi connectivity index (χ0n) is 15.0. The van der Waals surface area contributed by atoms with Crippen molar-refractivity contribution in [3.63, 3.8) is 0 Å². The van der Waals surface area contributed by atoms with Crippen LogP contribution in [0.1, 0.15) is 34.7 Å². The molecule has 0 aliphatic carbocycles. The maximum atomic E-state index is 13.9. The van der Waals surface area contributed by atoms with Crippen LogP contribution in [0.3, 0.4) is 0 Å². The molecule has 2 aliphatic rings. The summed E-state index contributed by atoms with van der Waals surface area (Å²) in [5, 5.41) is 2.39. The van der Waals surface area contributed by atoms with Crippen LogP contribution in [0.2, 0.25) is 0 Å². The smallest absolute Gasteiger partial charge is 0.256 e. The van der Waals surface area contributed by atoms with Gasteiger partial charge in [0.1, 0.15) is 11.6 Å². The third kappa shape index (κ3) is 2.87. The van der Waals surface area contributed by atoms with Crippen molar-refractivity contribution in [2.45, 2.75) is 18.8 Å². The molecule has 2 aromatic carbocycles. The molecule has 0 aromatic heterocycles. The van der Waals surface area contributed by atoms with Crippen LogP contribution in [0.25, 0.3) is 0 Å². The number of piperidine rings is 1. The Bertz CT molecular complexity index is 950. The Hall–Kier alpha value is -3.09. The fourth-order valence-electron chi connectivity index (χ4n) is 4.25. The molecule has 1 unspecified atom stereocenters. The average molecular weight is 384 g/mol. The highest BCUT2D eigenvalue weighted by Gasteiger charge is 2.56. The molecule has 1 N–H and O–H groups in total. The Morgan fingerprint density at radius 1 is 1.00 bits per heavy atom. The molecule has 2 aliphatic heterocycles. The van der Waals surface area contributed by atoms with Gasteiger partial charge in [-0.3, -0.25) is 19.7 Å². The Morgan fingerprint density at radius 2 is 1.64 bits per heavy atom. The van der Waals surface area contributed by atoms with Gasteiger partial charge in [-0.05, 0) is 42.7 Å². The molecule has 3 amide bonds. The minimum Gasteiger partial charge on any atom is -0.338 e. The van der Waals surface area contributed by atoms with Gasteiger partial charge < -0.3 is 4.90 Å². The third-order valence-electron chi connectivity index (χ3n) is 5.75. The van der Waals surface area contributed by atoms with E-state index in [2.05, 4.69) is 5.32 Å². The third-order valence-corrected chi connectivity index (χ3v) is 5.75. The Balaban J connectivity index is 1.58. The summed E-state index contributed by atoms with van der Waals surface area (Å²) < 4.78 is 27.2. The molecule has 144 valence electrons. The van der Waals surface area contributed by atoms with E-state index in [1.807, 2.05) is 0 Å². The van der Waals surface area contributed by atoms with Crippen molar-refractivity contribution in [1.29, 1.82) is 0 Å². The van der Waals surface area contributed by atoms with Crippen molar-refractivity contribution in [2.75, 3.05) is 13.1 Å². The van der Waals surface area contributed by atoms with Crippen molar-refractivity contribution in [2.24, 2.45) is 5.41 Å². The van der Waals surface area contributed by atoms with E-state index < -0.39 is 34.8 Å². The number of hydrogen-bond donors (Lipinski definition) is 1. The number of hydrogen-bond acceptors (Lipinski definition) is 3. The van der Waals surface area contributed by atoms with Crippen molar-refractivity contribution in [1.82, 2.24) is 10.2 Å². The highest BCUT2D eigenvalue weighted by atomic mass is 19.1. The Kier molecular flexibility index (Phi) is 4.45. The first-order chi connectivity index (χ1) is 13.4. The molecule has 0 radical (unpaired) electrons. The maximum absolute atomic E-state index is 13.9. The number of carbonyl (C=O) groups excluding carboxylic acids is 3. The lowest BCUT2D eigenvalue weighted by atomic mass is 9.67. The standard InChI is InChI=1S/C21H18F2N2O3/c22-14-7-5-13(6-8-14)17-18(26)24-20(28)21(17)9-11-25(12-10-21)19(27)15-3-1-2-4-16(15)23/h1-8,17H,9-12H2,(H,24,26,28). The second-order valence-corrected chi connectivity index (χ2v) is 7.23. The lowest BCUT2D eigenvalue weighted by Crippen LogP contribution is -2.48. The van der Waals surface area contributed by atoms with E-state index in [9.17, 15) is 23.2 Å². The summed E-state index contributed by atoms with van der Waals surface area (Å²) in [6, 6.07) is 11.3. The van der Waals surface area contributed by atoms with Crippen LogP contribution in [-0.4, -0.2) is 35.7 Å². The first kappa shape index (κ1) is 18.3. The molecule has 0 saturated carbocycles. The summed E-state index contributed by atoms with van der Waals surface area (Å²) in [4.78, 5) is 39.2. The summed E-state index contributed by atoms with van der Waals surface area (Å²) in [5.41, 5.74) is -0.430. The fraction of sp³-hybridized carbons (Fsp3) is 0.286. The molecule has 2 fully saturated rings. The van der Waals surface area contributed by atoms with Crippen LogP contribution in [-0.2, 0) is 9.59 Å². The van der Waals surface area contributed by atoms with Gasteiger partial charge in [-0.15, -0.1) is 0 Å². The maximum Gasteiger partial charge on any atom is 0.256 e. The van der Waals surface area contributed by atoms with Gasteiger partial charge in [0.2, 0.25) is 11.8 Å².